The van der Waals surface area contributed by atoms with Gasteiger partial charge in [0.2, 0.25) is 0 Å². The summed E-state index contributed by atoms with van der Waals surface area (Å²) in [5.41, 5.74) is 0.424. The van der Waals surface area contributed by atoms with Crippen LogP contribution in [-0.2, 0) is 9.53 Å². The minimum atomic E-state index is -0.702. The van der Waals surface area contributed by atoms with Gasteiger partial charge in [-0.1, -0.05) is 17.7 Å². The monoisotopic (exact) mass is 295 g/mol. The van der Waals surface area contributed by atoms with E-state index in [4.69, 9.17) is 11.6 Å². The van der Waals surface area contributed by atoms with Crippen molar-refractivity contribution in [2.75, 3.05) is 7.11 Å². The lowest BCUT2D eigenvalue weighted by Crippen LogP contribution is -2.11. The lowest BCUT2D eigenvalue weighted by atomic mass is 10.1. The molecule has 0 atom stereocenters. The molecule has 1 aromatic carbocycles. The summed E-state index contributed by atoms with van der Waals surface area (Å²) in [5.74, 6) is -1.60. The summed E-state index contributed by atoms with van der Waals surface area (Å²) in [6.45, 7) is 1.55. The molecule has 1 aliphatic rings. The molecule has 2 rings (SSSR count). The predicted molar refractivity (Wildman–Crippen MR) is 74.2 cm³/mol. The van der Waals surface area contributed by atoms with Gasteiger partial charge in [0, 0.05) is 5.56 Å². The Morgan fingerprint density at radius 3 is 2.80 bits per heavy atom. The molecule has 0 spiro atoms. The zero-order chi connectivity index (χ0) is 14.9. The number of esters is 1. The molecular weight excluding hydrogens is 285 g/mol. The molecule has 20 heavy (non-hydrogen) atoms. The molecule has 0 unspecified atom stereocenters. The third-order valence-corrected chi connectivity index (χ3v) is 3.13. The lowest BCUT2D eigenvalue weighted by Gasteiger charge is -2.02. The second-order valence-corrected chi connectivity index (χ2v) is 4.48. The number of carbonyl (C=O) groups is 1. The van der Waals surface area contributed by atoms with Crippen LogP contribution < -0.4 is 0 Å². The van der Waals surface area contributed by atoms with Crippen LogP contribution in [0.2, 0.25) is 5.02 Å². The topological polar surface area (TPSA) is 58.9 Å². The van der Waals surface area contributed by atoms with Crippen molar-refractivity contribution in [2.45, 2.75) is 6.92 Å². The van der Waals surface area contributed by atoms with E-state index in [1.54, 1.807) is 6.92 Å². The van der Waals surface area contributed by atoms with Gasteiger partial charge >= 0.3 is 5.97 Å². The largest absolute Gasteiger partial charge is 0.505 e. The highest BCUT2D eigenvalue weighted by atomic mass is 35.5. The number of aliphatic imine (C=N–C) groups is 1. The van der Waals surface area contributed by atoms with Crippen LogP contribution in [0.4, 0.5) is 4.39 Å². The molecule has 1 aliphatic heterocycles. The number of rotatable bonds is 2. The Balaban J connectivity index is 2.53. The summed E-state index contributed by atoms with van der Waals surface area (Å²) in [6, 6.07) is 4.23. The molecule has 0 amide bonds. The van der Waals surface area contributed by atoms with Gasteiger partial charge in [-0.25, -0.2) is 14.2 Å². The predicted octanol–water partition coefficient (Wildman–Crippen LogP) is 3.28. The van der Waals surface area contributed by atoms with E-state index in [1.165, 1.54) is 31.4 Å². The van der Waals surface area contributed by atoms with Crippen molar-refractivity contribution in [3.05, 3.63) is 51.6 Å². The number of halogens is 2. The van der Waals surface area contributed by atoms with Gasteiger partial charge in [0.1, 0.15) is 17.1 Å². The molecule has 0 aromatic heterocycles. The molecule has 0 saturated heterocycles. The first kappa shape index (κ1) is 14.3. The zero-order valence-corrected chi connectivity index (χ0v) is 11.5. The first-order valence-corrected chi connectivity index (χ1v) is 6.06. The van der Waals surface area contributed by atoms with Gasteiger partial charge < -0.3 is 9.84 Å². The minimum absolute atomic E-state index is 0.0359. The van der Waals surface area contributed by atoms with Gasteiger partial charge in [-0.05, 0) is 25.1 Å². The van der Waals surface area contributed by atoms with Crippen molar-refractivity contribution >= 4 is 29.4 Å². The summed E-state index contributed by atoms with van der Waals surface area (Å²) in [4.78, 5) is 15.5. The first-order chi connectivity index (χ1) is 9.45. The van der Waals surface area contributed by atoms with Crippen molar-refractivity contribution < 1.29 is 19.0 Å². The lowest BCUT2D eigenvalue weighted by molar-refractivity contribution is -0.135. The van der Waals surface area contributed by atoms with E-state index >= 15 is 0 Å². The van der Waals surface area contributed by atoms with E-state index in [1.807, 2.05) is 0 Å². The fraction of sp³-hybridized carbons (Fsp3) is 0.143. The number of methoxy groups -OCH3 is 1. The van der Waals surface area contributed by atoms with Crippen LogP contribution in [0.5, 0.6) is 0 Å². The van der Waals surface area contributed by atoms with Crippen LogP contribution in [-0.4, -0.2) is 23.9 Å². The molecular formula is C14H11ClFNO3. The van der Waals surface area contributed by atoms with Crippen molar-refractivity contribution in [3.63, 3.8) is 0 Å². The number of hydrogen-bond donors (Lipinski definition) is 1. The quantitative estimate of drug-likeness (QED) is 0.852. The average molecular weight is 296 g/mol. The van der Waals surface area contributed by atoms with Crippen LogP contribution in [0.15, 0.2) is 40.2 Å². The Labute approximate surface area is 119 Å². The van der Waals surface area contributed by atoms with Gasteiger partial charge in [-0.2, -0.15) is 0 Å². The summed E-state index contributed by atoms with van der Waals surface area (Å²) >= 11 is 5.90. The van der Waals surface area contributed by atoms with Crippen LogP contribution in [0.1, 0.15) is 12.5 Å². The van der Waals surface area contributed by atoms with Gasteiger partial charge in [-0.3, -0.25) is 0 Å². The van der Waals surface area contributed by atoms with Crippen molar-refractivity contribution in [2.24, 2.45) is 4.99 Å². The Morgan fingerprint density at radius 1 is 1.50 bits per heavy atom. The molecule has 6 heteroatoms. The third-order valence-electron chi connectivity index (χ3n) is 2.80. The van der Waals surface area contributed by atoms with Gasteiger partial charge in [0.25, 0.3) is 0 Å². The number of carbonyl (C=O) groups excluding carboxylic acids is 1. The molecule has 0 aliphatic carbocycles. The van der Waals surface area contributed by atoms with E-state index in [0.717, 1.165) is 0 Å². The number of nitrogens with zero attached hydrogens (tertiary/aromatic N) is 1. The molecule has 104 valence electrons. The second kappa shape index (κ2) is 5.46. The standard InChI is InChI=1S/C14H11ClFNO3/c1-7-12(14(19)20-2)13(18)11(17-7)6-8-9(15)4-3-5-10(8)16/h3-6,18H,1-2H3. The maximum Gasteiger partial charge on any atom is 0.343 e. The number of benzene rings is 1. The fourth-order valence-electron chi connectivity index (χ4n) is 1.82. The Hall–Kier alpha value is -2.14. The minimum Gasteiger partial charge on any atom is -0.505 e. The number of ether oxygens (including phenoxy) is 1. The Bertz CT molecular complexity index is 657. The van der Waals surface area contributed by atoms with Crippen LogP contribution in [0.3, 0.4) is 0 Å². The molecule has 0 fully saturated rings. The van der Waals surface area contributed by atoms with E-state index < -0.39 is 11.8 Å². The fourth-order valence-corrected chi connectivity index (χ4v) is 2.04. The summed E-state index contributed by atoms with van der Waals surface area (Å²) in [6.07, 6.45) is 1.28. The summed E-state index contributed by atoms with van der Waals surface area (Å²) in [7, 11) is 1.20. The average Bonchev–Trinajstić information content (AvgIpc) is 2.68. The van der Waals surface area contributed by atoms with Crippen LogP contribution in [0.25, 0.3) is 6.08 Å². The second-order valence-electron chi connectivity index (χ2n) is 4.08. The maximum atomic E-state index is 13.7. The highest BCUT2D eigenvalue weighted by Gasteiger charge is 2.27. The maximum absolute atomic E-state index is 13.7. The number of hydrogen-bond acceptors (Lipinski definition) is 4. The van der Waals surface area contributed by atoms with Crippen molar-refractivity contribution in [1.82, 2.24) is 0 Å². The van der Waals surface area contributed by atoms with Gasteiger partial charge in [-0.15, -0.1) is 0 Å². The molecule has 0 bridgehead atoms. The van der Waals surface area contributed by atoms with E-state index in [2.05, 4.69) is 9.73 Å². The van der Waals surface area contributed by atoms with Gasteiger partial charge in [0.15, 0.2) is 5.76 Å². The highest BCUT2D eigenvalue weighted by molar-refractivity contribution is 6.32. The highest BCUT2D eigenvalue weighted by Crippen LogP contribution is 2.29. The zero-order valence-electron chi connectivity index (χ0n) is 10.8. The van der Waals surface area contributed by atoms with E-state index in [9.17, 15) is 14.3 Å². The van der Waals surface area contributed by atoms with E-state index in [0.29, 0.717) is 5.71 Å². The molecule has 0 radical (unpaired) electrons. The third kappa shape index (κ3) is 2.44. The van der Waals surface area contributed by atoms with Crippen LogP contribution >= 0.6 is 11.6 Å². The molecule has 4 nitrogen and oxygen atoms in total. The van der Waals surface area contributed by atoms with Crippen molar-refractivity contribution in [3.8, 4) is 0 Å². The first-order valence-electron chi connectivity index (χ1n) is 5.69. The molecule has 1 aromatic rings. The van der Waals surface area contributed by atoms with E-state index in [-0.39, 0.29) is 27.6 Å². The van der Waals surface area contributed by atoms with Gasteiger partial charge in [0.05, 0.1) is 17.8 Å². The molecule has 1 N–H and O–H groups in total. The smallest absolute Gasteiger partial charge is 0.343 e. The molecule has 1 heterocycles. The normalized spacial score (nSPS) is 16.6. The summed E-state index contributed by atoms with van der Waals surface area (Å²) < 4.78 is 18.2. The van der Waals surface area contributed by atoms with Crippen LogP contribution in [0, 0.1) is 5.82 Å². The number of aliphatic hydroxyl groups is 1. The SMILES string of the molecule is COC(=O)C1=C(O)C(=Cc2c(F)cccc2Cl)N=C1C. The van der Waals surface area contributed by atoms with Crippen molar-refractivity contribution in [1.29, 1.82) is 0 Å². The Morgan fingerprint density at radius 2 is 2.20 bits per heavy atom. The summed E-state index contributed by atoms with van der Waals surface area (Å²) in [5, 5.41) is 10.2. The number of aliphatic hydroxyl groups excluding tert-OH is 1. The molecule has 0 saturated carbocycles. The Kier molecular flexibility index (Phi) is 3.90.